The van der Waals surface area contributed by atoms with Crippen LogP contribution in [0.5, 0.6) is 0 Å². The average molecular weight is 292 g/mol. The first kappa shape index (κ1) is 12.7. The molecule has 0 saturated carbocycles. The van der Waals surface area contributed by atoms with E-state index in [2.05, 4.69) is 21.2 Å². The van der Waals surface area contributed by atoms with Crippen molar-refractivity contribution in [1.29, 1.82) is 0 Å². The monoisotopic (exact) mass is 291 g/mol. The Morgan fingerprint density at radius 2 is 2.33 bits per heavy atom. The highest BCUT2D eigenvalue weighted by atomic mass is 79.9. The highest BCUT2D eigenvalue weighted by Gasteiger charge is 2.09. The van der Waals surface area contributed by atoms with Crippen LogP contribution in [0.2, 0.25) is 0 Å². The number of unbranched alkanes of at least 4 members (excludes halogenated alkanes) is 1. The summed E-state index contributed by atoms with van der Waals surface area (Å²) < 4.78 is 1.00. The van der Waals surface area contributed by atoms with Crippen LogP contribution in [0.4, 0.5) is 0 Å². The molecule has 0 radical (unpaired) electrons. The van der Waals surface area contributed by atoms with Gasteiger partial charge in [0.05, 0.1) is 8.66 Å². The average Bonchev–Trinajstić information content (AvgIpc) is 2.54. The zero-order chi connectivity index (χ0) is 11.3. The minimum absolute atomic E-state index is 0.0354. The lowest BCUT2D eigenvalue weighted by Gasteiger charge is -2.01. The van der Waals surface area contributed by atoms with Gasteiger partial charge in [0.15, 0.2) is 0 Å². The summed E-state index contributed by atoms with van der Waals surface area (Å²) in [7, 11) is 0. The number of carbonyl (C=O) groups excluding carboxylic acids is 1. The molecule has 1 rings (SSSR count). The fourth-order valence-electron chi connectivity index (χ4n) is 1.10. The third kappa shape index (κ3) is 3.93. The van der Waals surface area contributed by atoms with E-state index in [4.69, 9.17) is 5.11 Å². The summed E-state index contributed by atoms with van der Waals surface area (Å²) in [5.74, 6) is -0.0354. The van der Waals surface area contributed by atoms with Crippen LogP contribution in [-0.2, 0) is 0 Å². The van der Waals surface area contributed by atoms with Crippen LogP contribution in [0.15, 0.2) is 9.85 Å². The SMILES string of the molecule is Cc1cc(C(=O)NCCCCO)sc1Br. The maximum absolute atomic E-state index is 11.6. The van der Waals surface area contributed by atoms with Crippen molar-refractivity contribution in [3.63, 3.8) is 0 Å². The third-order valence-electron chi connectivity index (χ3n) is 1.95. The molecule has 0 aromatic carbocycles. The Bertz CT molecular complexity index is 319. The van der Waals surface area contributed by atoms with Crippen molar-refractivity contribution in [1.82, 2.24) is 5.32 Å². The smallest absolute Gasteiger partial charge is 0.261 e. The van der Waals surface area contributed by atoms with Crippen LogP contribution < -0.4 is 5.32 Å². The van der Waals surface area contributed by atoms with Crippen LogP contribution in [0.1, 0.15) is 28.1 Å². The molecule has 1 aromatic heterocycles. The van der Waals surface area contributed by atoms with E-state index in [-0.39, 0.29) is 12.5 Å². The number of aryl methyl sites for hydroxylation is 1. The fraction of sp³-hybridized carbons (Fsp3) is 0.500. The predicted molar refractivity (Wildman–Crippen MR) is 65.4 cm³/mol. The highest BCUT2D eigenvalue weighted by molar-refractivity contribution is 9.11. The molecular weight excluding hydrogens is 278 g/mol. The molecule has 3 nitrogen and oxygen atoms in total. The Hall–Kier alpha value is -0.390. The molecule has 0 atom stereocenters. The Kier molecular flexibility index (Phi) is 5.28. The predicted octanol–water partition coefficient (Wildman–Crippen LogP) is 2.32. The van der Waals surface area contributed by atoms with Gasteiger partial charge in [0.1, 0.15) is 0 Å². The van der Waals surface area contributed by atoms with Crippen molar-refractivity contribution in [2.24, 2.45) is 0 Å². The van der Waals surface area contributed by atoms with E-state index in [9.17, 15) is 4.79 Å². The standard InChI is InChI=1S/C10H14BrNO2S/c1-7-6-8(15-9(7)11)10(14)12-4-2-3-5-13/h6,13H,2-5H2,1H3,(H,12,14). The summed E-state index contributed by atoms with van der Waals surface area (Å²) >= 11 is 4.82. The van der Waals surface area contributed by atoms with Crippen LogP contribution in [0, 0.1) is 6.92 Å². The van der Waals surface area contributed by atoms with E-state index in [1.165, 1.54) is 11.3 Å². The van der Waals surface area contributed by atoms with Gasteiger partial charge in [0.2, 0.25) is 0 Å². The van der Waals surface area contributed by atoms with Crippen molar-refractivity contribution in [2.75, 3.05) is 13.2 Å². The van der Waals surface area contributed by atoms with Crippen LogP contribution in [0.3, 0.4) is 0 Å². The molecule has 0 bridgehead atoms. The zero-order valence-corrected chi connectivity index (χ0v) is 10.9. The number of rotatable bonds is 5. The topological polar surface area (TPSA) is 49.3 Å². The number of hydrogen-bond donors (Lipinski definition) is 2. The molecule has 0 spiro atoms. The quantitative estimate of drug-likeness (QED) is 0.818. The Labute approximate surface area is 102 Å². The van der Waals surface area contributed by atoms with Crippen molar-refractivity contribution < 1.29 is 9.90 Å². The lowest BCUT2D eigenvalue weighted by Crippen LogP contribution is -2.23. The molecule has 84 valence electrons. The molecular formula is C10H14BrNO2S. The number of thiophene rings is 1. The van der Waals surface area contributed by atoms with E-state index in [1.807, 2.05) is 13.0 Å². The fourth-order valence-corrected chi connectivity index (χ4v) is 2.55. The van der Waals surface area contributed by atoms with Gasteiger partial charge in [-0.2, -0.15) is 0 Å². The molecule has 0 aliphatic heterocycles. The Morgan fingerprint density at radius 1 is 1.60 bits per heavy atom. The first-order valence-electron chi connectivity index (χ1n) is 4.80. The van der Waals surface area contributed by atoms with Gasteiger partial charge in [-0.25, -0.2) is 0 Å². The minimum Gasteiger partial charge on any atom is -0.396 e. The Balaban J connectivity index is 2.40. The van der Waals surface area contributed by atoms with Gasteiger partial charge in [0, 0.05) is 13.2 Å². The number of nitrogens with one attached hydrogen (secondary N) is 1. The van der Waals surface area contributed by atoms with Gasteiger partial charge >= 0.3 is 0 Å². The minimum atomic E-state index is -0.0354. The van der Waals surface area contributed by atoms with E-state index in [0.29, 0.717) is 6.54 Å². The number of carbonyl (C=O) groups is 1. The second kappa shape index (κ2) is 6.25. The summed E-state index contributed by atoms with van der Waals surface area (Å²) in [6, 6.07) is 1.87. The molecule has 0 aliphatic carbocycles. The third-order valence-corrected chi connectivity index (χ3v) is 4.09. The molecule has 1 amide bonds. The molecule has 0 fully saturated rings. The summed E-state index contributed by atoms with van der Waals surface area (Å²) in [6.45, 7) is 2.76. The summed E-state index contributed by atoms with van der Waals surface area (Å²) in [5, 5.41) is 11.4. The second-order valence-electron chi connectivity index (χ2n) is 3.25. The number of amides is 1. The van der Waals surface area contributed by atoms with Crippen LogP contribution in [-0.4, -0.2) is 24.2 Å². The van der Waals surface area contributed by atoms with Gasteiger partial charge in [-0.05, 0) is 47.3 Å². The lowest BCUT2D eigenvalue weighted by molar-refractivity contribution is 0.0956. The van der Waals surface area contributed by atoms with E-state index in [0.717, 1.165) is 27.1 Å². The maximum atomic E-state index is 11.6. The molecule has 0 unspecified atom stereocenters. The van der Waals surface area contributed by atoms with Gasteiger partial charge in [0.25, 0.3) is 5.91 Å². The van der Waals surface area contributed by atoms with Gasteiger partial charge in [-0.15, -0.1) is 11.3 Å². The summed E-state index contributed by atoms with van der Waals surface area (Å²) in [6.07, 6.45) is 1.54. The summed E-state index contributed by atoms with van der Waals surface area (Å²) in [5.41, 5.74) is 1.08. The van der Waals surface area contributed by atoms with Gasteiger partial charge in [-0.1, -0.05) is 0 Å². The van der Waals surface area contributed by atoms with E-state index < -0.39 is 0 Å². The summed E-state index contributed by atoms with van der Waals surface area (Å²) in [4.78, 5) is 12.3. The van der Waals surface area contributed by atoms with Crippen molar-refractivity contribution >= 4 is 33.2 Å². The molecule has 2 N–H and O–H groups in total. The van der Waals surface area contributed by atoms with Crippen molar-refractivity contribution in [3.05, 3.63) is 20.3 Å². The molecule has 15 heavy (non-hydrogen) atoms. The number of hydrogen-bond acceptors (Lipinski definition) is 3. The van der Waals surface area contributed by atoms with Gasteiger partial charge < -0.3 is 10.4 Å². The first-order chi connectivity index (χ1) is 7.15. The molecule has 0 saturated heterocycles. The normalized spacial score (nSPS) is 10.3. The van der Waals surface area contributed by atoms with E-state index >= 15 is 0 Å². The number of aliphatic hydroxyl groups is 1. The zero-order valence-electron chi connectivity index (χ0n) is 8.55. The Morgan fingerprint density at radius 3 is 2.87 bits per heavy atom. The van der Waals surface area contributed by atoms with Gasteiger partial charge in [-0.3, -0.25) is 4.79 Å². The molecule has 1 aromatic rings. The second-order valence-corrected chi connectivity index (χ2v) is 5.62. The molecule has 1 heterocycles. The van der Waals surface area contributed by atoms with Crippen molar-refractivity contribution in [2.45, 2.75) is 19.8 Å². The largest absolute Gasteiger partial charge is 0.396 e. The van der Waals surface area contributed by atoms with Crippen LogP contribution in [0.25, 0.3) is 0 Å². The molecule has 0 aliphatic rings. The van der Waals surface area contributed by atoms with E-state index in [1.54, 1.807) is 0 Å². The number of halogens is 1. The molecule has 5 heteroatoms. The highest BCUT2D eigenvalue weighted by Crippen LogP contribution is 2.27. The van der Waals surface area contributed by atoms with Crippen molar-refractivity contribution in [3.8, 4) is 0 Å². The lowest BCUT2D eigenvalue weighted by atomic mass is 10.3. The van der Waals surface area contributed by atoms with Crippen LogP contribution >= 0.6 is 27.3 Å². The first-order valence-corrected chi connectivity index (χ1v) is 6.41. The maximum Gasteiger partial charge on any atom is 0.261 e. The number of aliphatic hydroxyl groups excluding tert-OH is 1.